The zero-order chi connectivity index (χ0) is 8.82. The fourth-order valence-corrected chi connectivity index (χ4v) is 2.88. The van der Waals surface area contributed by atoms with Gasteiger partial charge in [-0.15, -0.1) is 0 Å². The summed E-state index contributed by atoms with van der Waals surface area (Å²) in [7, 11) is 0. The summed E-state index contributed by atoms with van der Waals surface area (Å²) in [6.07, 6.45) is 1.36. The maximum Gasteiger partial charge on any atom is 0.0197 e. The highest BCUT2D eigenvalue weighted by molar-refractivity contribution is 5.10. The molecule has 2 heterocycles. The molecule has 0 aromatic rings. The van der Waals surface area contributed by atoms with Crippen LogP contribution in [0.1, 0.15) is 27.2 Å². The Labute approximate surface area is 75.1 Å². The Morgan fingerprint density at radius 2 is 2.00 bits per heavy atom. The van der Waals surface area contributed by atoms with Crippen molar-refractivity contribution in [2.75, 3.05) is 19.6 Å². The largest absolute Gasteiger partial charge is 0.316 e. The number of rotatable bonds is 0. The molecule has 0 amide bonds. The van der Waals surface area contributed by atoms with Crippen LogP contribution in [0.25, 0.3) is 0 Å². The number of hydrogen-bond donors (Lipinski definition) is 2. The molecule has 2 aliphatic heterocycles. The molecule has 2 atom stereocenters. The van der Waals surface area contributed by atoms with E-state index in [1.807, 2.05) is 0 Å². The van der Waals surface area contributed by atoms with Gasteiger partial charge in [0.2, 0.25) is 0 Å². The normalized spacial score (nSPS) is 41.8. The standard InChI is InChI=1S/C10H20N2/c1-9(2,3)8-10(7-12-8)4-5-11-6-10/h8,11-12H,4-7H2,1-3H3. The van der Waals surface area contributed by atoms with E-state index >= 15 is 0 Å². The van der Waals surface area contributed by atoms with Gasteiger partial charge in [0.05, 0.1) is 0 Å². The van der Waals surface area contributed by atoms with Crippen LogP contribution in [0.3, 0.4) is 0 Å². The molecule has 0 saturated carbocycles. The molecule has 0 bridgehead atoms. The third-order valence-corrected chi connectivity index (χ3v) is 3.41. The lowest BCUT2D eigenvalue weighted by Crippen LogP contribution is -2.68. The molecule has 0 aliphatic carbocycles. The minimum atomic E-state index is 0.421. The Morgan fingerprint density at radius 3 is 2.33 bits per heavy atom. The average Bonchev–Trinajstić information content (AvgIpc) is 2.28. The second kappa shape index (κ2) is 2.46. The fourth-order valence-electron chi connectivity index (χ4n) is 2.88. The van der Waals surface area contributed by atoms with Crippen LogP contribution in [0, 0.1) is 10.8 Å². The molecule has 2 heteroatoms. The van der Waals surface area contributed by atoms with E-state index in [4.69, 9.17) is 0 Å². The van der Waals surface area contributed by atoms with Crippen molar-refractivity contribution < 1.29 is 0 Å². The predicted octanol–water partition coefficient (Wildman–Crippen LogP) is 0.984. The summed E-state index contributed by atoms with van der Waals surface area (Å²) in [6.45, 7) is 10.7. The zero-order valence-corrected chi connectivity index (χ0v) is 8.41. The zero-order valence-electron chi connectivity index (χ0n) is 8.41. The van der Waals surface area contributed by atoms with Crippen molar-refractivity contribution >= 4 is 0 Å². The van der Waals surface area contributed by atoms with Gasteiger partial charge in [-0.25, -0.2) is 0 Å². The van der Waals surface area contributed by atoms with Gasteiger partial charge in [0.25, 0.3) is 0 Å². The third-order valence-electron chi connectivity index (χ3n) is 3.41. The molecule has 2 saturated heterocycles. The summed E-state index contributed by atoms with van der Waals surface area (Å²) in [6, 6.07) is 0.722. The Bertz CT molecular complexity index is 175. The first-order valence-corrected chi connectivity index (χ1v) is 4.99. The maximum absolute atomic E-state index is 3.58. The molecule has 2 aliphatic rings. The molecular formula is C10H20N2. The van der Waals surface area contributed by atoms with Crippen molar-refractivity contribution in [3.8, 4) is 0 Å². The molecule has 2 unspecified atom stereocenters. The van der Waals surface area contributed by atoms with Crippen molar-refractivity contribution in [1.29, 1.82) is 0 Å². The molecule has 2 nitrogen and oxygen atoms in total. The molecule has 0 aromatic heterocycles. The lowest BCUT2D eigenvalue weighted by molar-refractivity contribution is 0.0236. The minimum absolute atomic E-state index is 0.421. The highest BCUT2D eigenvalue weighted by Crippen LogP contribution is 2.43. The predicted molar refractivity (Wildman–Crippen MR) is 51.2 cm³/mol. The molecule has 70 valence electrons. The van der Waals surface area contributed by atoms with Gasteiger partial charge in [0, 0.05) is 24.5 Å². The maximum atomic E-state index is 3.58. The first-order valence-electron chi connectivity index (χ1n) is 4.99. The van der Waals surface area contributed by atoms with Crippen LogP contribution in [0.2, 0.25) is 0 Å². The van der Waals surface area contributed by atoms with Crippen molar-refractivity contribution in [3.63, 3.8) is 0 Å². The van der Waals surface area contributed by atoms with E-state index in [1.165, 1.54) is 26.1 Å². The first kappa shape index (κ1) is 8.52. The summed E-state index contributed by atoms with van der Waals surface area (Å²) in [5.74, 6) is 0. The topological polar surface area (TPSA) is 24.1 Å². The van der Waals surface area contributed by atoms with Crippen LogP contribution in [-0.2, 0) is 0 Å². The van der Waals surface area contributed by atoms with Crippen molar-refractivity contribution in [1.82, 2.24) is 10.6 Å². The van der Waals surface area contributed by atoms with Gasteiger partial charge in [-0.3, -0.25) is 0 Å². The molecule has 0 radical (unpaired) electrons. The SMILES string of the molecule is CC(C)(C)C1NCC12CCNC2. The Hall–Kier alpha value is -0.0800. The van der Waals surface area contributed by atoms with Gasteiger partial charge in [0.15, 0.2) is 0 Å². The average molecular weight is 168 g/mol. The molecule has 0 aromatic carbocycles. The molecule has 2 N–H and O–H groups in total. The van der Waals surface area contributed by atoms with Crippen molar-refractivity contribution in [2.24, 2.45) is 10.8 Å². The summed E-state index contributed by atoms with van der Waals surface area (Å²) in [4.78, 5) is 0. The highest BCUT2D eigenvalue weighted by atomic mass is 15.1. The summed E-state index contributed by atoms with van der Waals surface area (Å²) >= 11 is 0. The second-order valence-corrected chi connectivity index (χ2v) is 5.47. The van der Waals surface area contributed by atoms with Crippen molar-refractivity contribution in [2.45, 2.75) is 33.2 Å². The van der Waals surface area contributed by atoms with Crippen LogP contribution < -0.4 is 10.6 Å². The van der Waals surface area contributed by atoms with Gasteiger partial charge >= 0.3 is 0 Å². The van der Waals surface area contributed by atoms with Gasteiger partial charge in [-0.2, -0.15) is 0 Å². The van der Waals surface area contributed by atoms with E-state index in [0.29, 0.717) is 10.8 Å². The molecule has 2 fully saturated rings. The summed E-state index contributed by atoms with van der Waals surface area (Å²) in [5, 5.41) is 7.06. The van der Waals surface area contributed by atoms with Gasteiger partial charge in [0.1, 0.15) is 0 Å². The summed E-state index contributed by atoms with van der Waals surface area (Å²) < 4.78 is 0. The minimum Gasteiger partial charge on any atom is -0.316 e. The van der Waals surface area contributed by atoms with Crippen LogP contribution >= 0.6 is 0 Å². The van der Waals surface area contributed by atoms with E-state index in [-0.39, 0.29) is 0 Å². The van der Waals surface area contributed by atoms with E-state index < -0.39 is 0 Å². The van der Waals surface area contributed by atoms with Crippen LogP contribution in [0.15, 0.2) is 0 Å². The van der Waals surface area contributed by atoms with E-state index in [2.05, 4.69) is 31.4 Å². The van der Waals surface area contributed by atoms with Crippen LogP contribution in [-0.4, -0.2) is 25.7 Å². The van der Waals surface area contributed by atoms with Gasteiger partial charge in [-0.05, 0) is 18.4 Å². The molecular weight excluding hydrogens is 148 g/mol. The summed E-state index contributed by atoms with van der Waals surface area (Å²) in [5.41, 5.74) is 1.02. The smallest absolute Gasteiger partial charge is 0.0197 e. The number of nitrogens with one attached hydrogen (secondary N) is 2. The third kappa shape index (κ3) is 1.09. The monoisotopic (exact) mass is 168 g/mol. The molecule has 12 heavy (non-hydrogen) atoms. The van der Waals surface area contributed by atoms with Crippen molar-refractivity contribution in [3.05, 3.63) is 0 Å². The van der Waals surface area contributed by atoms with E-state index in [1.54, 1.807) is 0 Å². The Morgan fingerprint density at radius 1 is 1.25 bits per heavy atom. The van der Waals surface area contributed by atoms with Gasteiger partial charge < -0.3 is 10.6 Å². The van der Waals surface area contributed by atoms with Crippen LogP contribution in [0.4, 0.5) is 0 Å². The first-order chi connectivity index (χ1) is 5.55. The Kier molecular flexibility index (Phi) is 1.74. The van der Waals surface area contributed by atoms with Crippen LogP contribution in [0.5, 0.6) is 0 Å². The molecule has 1 spiro atoms. The van der Waals surface area contributed by atoms with E-state index in [9.17, 15) is 0 Å². The molecule has 2 rings (SSSR count). The quantitative estimate of drug-likeness (QED) is 0.563. The van der Waals surface area contributed by atoms with E-state index in [0.717, 1.165) is 6.04 Å². The second-order valence-electron chi connectivity index (χ2n) is 5.47. The highest BCUT2D eigenvalue weighted by Gasteiger charge is 2.52. The lowest BCUT2D eigenvalue weighted by Gasteiger charge is -2.54. The Balaban J connectivity index is 2.09. The fraction of sp³-hybridized carbons (Fsp3) is 1.00. The lowest BCUT2D eigenvalue weighted by atomic mass is 9.63. The number of hydrogen-bond acceptors (Lipinski definition) is 2. The van der Waals surface area contributed by atoms with Gasteiger partial charge in [-0.1, -0.05) is 20.8 Å².